The van der Waals surface area contributed by atoms with Crippen LogP contribution in [0.15, 0.2) is 56.1 Å². The van der Waals surface area contributed by atoms with Gasteiger partial charge < -0.3 is 19.3 Å². The van der Waals surface area contributed by atoms with Gasteiger partial charge in [0.2, 0.25) is 5.91 Å². The first-order valence-electron chi connectivity index (χ1n) is 11.5. The Labute approximate surface area is 191 Å². The van der Waals surface area contributed by atoms with Gasteiger partial charge in [-0.15, -0.1) is 0 Å². The Bertz CT molecular complexity index is 1380. The summed E-state index contributed by atoms with van der Waals surface area (Å²) >= 11 is 0. The van der Waals surface area contributed by atoms with Crippen LogP contribution < -0.4 is 10.9 Å². The highest BCUT2D eigenvalue weighted by atomic mass is 16.4. The summed E-state index contributed by atoms with van der Waals surface area (Å²) in [5.41, 5.74) is 4.21. The molecule has 170 valence electrons. The third kappa shape index (κ3) is 4.18. The van der Waals surface area contributed by atoms with Crippen molar-refractivity contribution in [2.24, 2.45) is 0 Å². The lowest BCUT2D eigenvalue weighted by Crippen LogP contribution is -2.29. The Morgan fingerprint density at radius 3 is 2.64 bits per heavy atom. The van der Waals surface area contributed by atoms with E-state index in [1.807, 2.05) is 43.3 Å². The van der Waals surface area contributed by atoms with E-state index in [9.17, 15) is 14.7 Å². The standard InChI is InChI=1S/C27H27NO5/c1-16-18(11-12-26(30)28-15-22(29)17-7-3-2-4-8-17)27(31)33-24-14-25-21(13-20(16)24)19-9-5-6-10-23(19)32-25/h2-4,7-8,13-14,22,29H,5-6,9-12,15H2,1H3,(H,28,30)/t22-/m1/s1. The second-order valence-corrected chi connectivity index (χ2v) is 8.78. The Kier molecular flexibility index (Phi) is 5.77. The summed E-state index contributed by atoms with van der Waals surface area (Å²) in [7, 11) is 0. The maximum absolute atomic E-state index is 12.7. The topological polar surface area (TPSA) is 92.7 Å². The van der Waals surface area contributed by atoms with Crippen LogP contribution >= 0.6 is 0 Å². The van der Waals surface area contributed by atoms with Crippen LogP contribution in [0, 0.1) is 6.92 Å². The summed E-state index contributed by atoms with van der Waals surface area (Å²) in [6.45, 7) is 2.03. The molecule has 2 aromatic carbocycles. The number of hydrogen-bond acceptors (Lipinski definition) is 5. The molecule has 0 spiro atoms. The van der Waals surface area contributed by atoms with Crippen molar-refractivity contribution in [2.45, 2.75) is 51.6 Å². The van der Waals surface area contributed by atoms with E-state index < -0.39 is 11.7 Å². The number of rotatable bonds is 6. The maximum Gasteiger partial charge on any atom is 0.339 e. The van der Waals surface area contributed by atoms with Gasteiger partial charge in [-0.2, -0.15) is 0 Å². The van der Waals surface area contributed by atoms with Crippen LogP contribution in [0.4, 0.5) is 0 Å². The lowest BCUT2D eigenvalue weighted by molar-refractivity contribution is -0.121. The number of carbonyl (C=O) groups is 1. The van der Waals surface area contributed by atoms with E-state index >= 15 is 0 Å². The second-order valence-electron chi connectivity index (χ2n) is 8.78. The van der Waals surface area contributed by atoms with Crippen molar-refractivity contribution in [2.75, 3.05) is 6.54 Å². The summed E-state index contributed by atoms with van der Waals surface area (Å²) in [6, 6.07) is 13.1. The molecule has 1 aliphatic carbocycles. The summed E-state index contributed by atoms with van der Waals surface area (Å²) in [4.78, 5) is 25.1. The van der Waals surface area contributed by atoms with E-state index in [1.54, 1.807) is 0 Å². The largest absolute Gasteiger partial charge is 0.461 e. The monoisotopic (exact) mass is 445 g/mol. The van der Waals surface area contributed by atoms with Crippen molar-refractivity contribution in [3.8, 4) is 0 Å². The normalized spacial score (nSPS) is 14.4. The van der Waals surface area contributed by atoms with Gasteiger partial charge in [0.25, 0.3) is 0 Å². The number of aliphatic hydroxyl groups excluding tert-OH is 1. The van der Waals surface area contributed by atoms with E-state index in [0.717, 1.165) is 58.9 Å². The fraction of sp³-hybridized carbons (Fsp3) is 0.333. The van der Waals surface area contributed by atoms with Gasteiger partial charge in [0.1, 0.15) is 16.9 Å². The summed E-state index contributed by atoms with van der Waals surface area (Å²) < 4.78 is 11.6. The third-order valence-electron chi connectivity index (χ3n) is 6.64. The van der Waals surface area contributed by atoms with E-state index in [-0.39, 0.29) is 25.3 Å². The van der Waals surface area contributed by atoms with Crippen LogP contribution in [-0.4, -0.2) is 17.6 Å². The predicted octanol–water partition coefficient (Wildman–Crippen LogP) is 4.51. The van der Waals surface area contributed by atoms with Gasteiger partial charge in [0, 0.05) is 47.4 Å². The van der Waals surface area contributed by atoms with Crippen LogP contribution in [0.1, 0.15) is 53.4 Å². The molecule has 0 unspecified atom stereocenters. The van der Waals surface area contributed by atoms with Crippen molar-refractivity contribution < 1.29 is 18.7 Å². The Morgan fingerprint density at radius 2 is 1.82 bits per heavy atom. The molecule has 4 aromatic rings. The molecular formula is C27H27NO5. The van der Waals surface area contributed by atoms with Gasteiger partial charge in [0.15, 0.2) is 0 Å². The second kappa shape index (κ2) is 8.87. The van der Waals surface area contributed by atoms with E-state index in [1.165, 1.54) is 5.56 Å². The highest BCUT2D eigenvalue weighted by molar-refractivity contribution is 5.97. The number of hydrogen-bond donors (Lipinski definition) is 2. The molecule has 6 nitrogen and oxygen atoms in total. The summed E-state index contributed by atoms with van der Waals surface area (Å²) in [5, 5.41) is 14.9. The fourth-order valence-electron chi connectivity index (χ4n) is 4.76. The van der Waals surface area contributed by atoms with Crippen LogP contribution in [-0.2, 0) is 24.1 Å². The molecule has 0 saturated heterocycles. The molecule has 33 heavy (non-hydrogen) atoms. The lowest BCUT2D eigenvalue weighted by atomic mass is 9.94. The molecule has 2 heterocycles. The number of aryl methyl sites for hydroxylation is 3. The quantitative estimate of drug-likeness (QED) is 0.426. The van der Waals surface area contributed by atoms with Crippen LogP contribution in [0.25, 0.3) is 21.9 Å². The number of aliphatic hydroxyl groups is 1. The van der Waals surface area contributed by atoms with Gasteiger partial charge in [-0.1, -0.05) is 30.3 Å². The van der Waals surface area contributed by atoms with Gasteiger partial charge >= 0.3 is 5.63 Å². The van der Waals surface area contributed by atoms with Crippen LogP contribution in [0.3, 0.4) is 0 Å². The average molecular weight is 446 g/mol. The van der Waals surface area contributed by atoms with Gasteiger partial charge in [0.05, 0.1) is 6.10 Å². The molecule has 2 aromatic heterocycles. The first-order chi connectivity index (χ1) is 16.0. The van der Waals surface area contributed by atoms with Gasteiger partial charge in [-0.25, -0.2) is 4.79 Å². The lowest BCUT2D eigenvalue weighted by Gasteiger charge is -2.12. The molecular weight excluding hydrogens is 418 g/mol. The molecule has 0 fully saturated rings. The number of fused-ring (bicyclic) bond motifs is 4. The molecule has 1 amide bonds. The molecule has 5 rings (SSSR count). The zero-order valence-corrected chi connectivity index (χ0v) is 18.6. The Hall–Kier alpha value is -3.38. The molecule has 0 aliphatic heterocycles. The molecule has 1 atom stereocenters. The average Bonchev–Trinajstić information content (AvgIpc) is 3.19. The Morgan fingerprint density at radius 1 is 1.06 bits per heavy atom. The number of nitrogens with one attached hydrogen (secondary N) is 1. The molecule has 1 aliphatic rings. The van der Waals surface area contributed by atoms with E-state index in [2.05, 4.69) is 11.4 Å². The summed E-state index contributed by atoms with van der Waals surface area (Å²) in [6.07, 6.45) is 3.89. The van der Waals surface area contributed by atoms with E-state index in [0.29, 0.717) is 11.1 Å². The molecule has 0 bridgehead atoms. The Balaban J connectivity index is 1.34. The minimum Gasteiger partial charge on any atom is -0.461 e. The third-order valence-corrected chi connectivity index (χ3v) is 6.64. The first-order valence-corrected chi connectivity index (χ1v) is 11.5. The smallest absolute Gasteiger partial charge is 0.339 e. The van der Waals surface area contributed by atoms with Crippen molar-refractivity contribution >= 4 is 27.8 Å². The molecule has 2 N–H and O–H groups in total. The minimum absolute atomic E-state index is 0.123. The number of amides is 1. The summed E-state index contributed by atoms with van der Waals surface area (Å²) in [5.74, 6) is 0.823. The highest BCUT2D eigenvalue weighted by Crippen LogP contribution is 2.35. The predicted molar refractivity (Wildman–Crippen MR) is 126 cm³/mol. The highest BCUT2D eigenvalue weighted by Gasteiger charge is 2.20. The van der Waals surface area contributed by atoms with Crippen LogP contribution in [0.5, 0.6) is 0 Å². The number of carbonyl (C=O) groups excluding carboxylic acids is 1. The first kappa shape index (κ1) is 21.5. The van der Waals surface area contributed by atoms with Crippen LogP contribution in [0.2, 0.25) is 0 Å². The maximum atomic E-state index is 12.7. The fourth-order valence-corrected chi connectivity index (χ4v) is 4.76. The molecule has 0 saturated carbocycles. The number of benzene rings is 2. The van der Waals surface area contributed by atoms with E-state index in [4.69, 9.17) is 8.83 Å². The minimum atomic E-state index is -0.772. The van der Waals surface area contributed by atoms with Crippen molar-refractivity contribution in [3.63, 3.8) is 0 Å². The molecule has 6 heteroatoms. The van der Waals surface area contributed by atoms with Gasteiger partial charge in [-0.3, -0.25) is 4.79 Å². The zero-order chi connectivity index (χ0) is 22.9. The SMILES string of the molecule is Cc1c(CCC(=O)NC[C@@H](O)c2ccccc2)c(=O)oc2cc3oc4c(c3cc12)CCCC4. The zero-order valence-electron chi connectivity index (χ0n) is 18.6. The van der Waals surface area contributed by atoms with Crippen molar-refractivity contribution in [1.29, 1.82) is 0 Å². The van der Waals surface area contributed by atoms with Crippen molar-refractivity contribution in [3.05, 3.63) is 80.9 Å². The van der Waals surface area contributed by atoms with Crippen molar-refractivity contribution in [1.82, 2.24) is 5.32 Å². The molecule has 0 radical (unpaired) electrons. The van der Waals surface area contributed by atoms with Gasteiger partial charge in [-0.05, 0) is 49.8 Å². The number of furan rings is 1.